The second-order valence-corrected chi connectivity index (χ2v) is 8.56. The highest BCUT2D eigenvalue weighted by Crippen LogP contribution is 2.48. The van der Waals surface area contributed by atoms with Gasteiger partial charge in [0.25, 0.3) is 0 Å². The van der Waals surface area contributed by atoms with Gasteiger partial charge < -0.3 is 18.8 Å². The second-order valence-electron chi connectivity index (χ2n) is 8.56. The average Bonchev–Trinajstić information content (AvgIpc) is 3.44. The molecule has 0 saturated carbocycles. The van der Waals surface area contributed by atoms with Crippen molar-refractivity contribution >= 4 is 23.4 Å². The Morgan fingerprint density at radius 3 is 2.50 bits per heavy atom. The molecule has 1 atom stereocenters. The van der Waals surface area contributed by atoms with E-state index >= 15 is 0 Å². The number of hydrogen-bond acceptors (Lipinski definition) is 6. The van der Waals surface area contributed by atoms with Crippen LogP contribution >= 0.6 is 0 Å². The van der Waals surface area contributed by atoms with Crippen LogP contribution in [0.2, 0.25) is 0 Å². The summed E-state index contributed by atoms with van der Waals surface area (Å²) in [6.07, 6.45) is -0.645. The third-order valence-electron chi connectivity index (χ3n) is 6.15. The van der Waals surface area contributed by atoms with Gasteiger partial charge in [0.2, 0.25) is 5.91 Å². The van der Waals surface area contributed by atoms with Crippen molar-refractivity contribution in [2.45, 2.75) is 26.3 Å². The van der Waals surface area contributed by atoms with E-state index in [9.17, 15) is 14.0 Å². The van der Waals surface area contributed by atoms with Gasteiger partial charge in [0, 0.05) is 11.1 Å². The lowest BCUT2D eigenvalue weighted by molar-refractivity contribution is -0.118. The predicted octanol–water partition coefficient (Wildman–Crippen LogP) is 6.13. The third kappa shape index (κ3) is 4.82. The fraction of sp³-hybridized carbons (Fsp3) is 0.207. The maximum atomic E-state index is 14.1. The number of rotatable bonds is 8. The number of ether oxygens (including phenoxy) is 2. The number of nitrogens with zero attached hydrogens (tertiary/aromatic N) is 2. The molecule has 0 radical (unpaired) electrons. The van der Waals surface area contributed by atoms with Gasteiger partial charge in [-0.05, 0) is 55.8 Å². The average molecular weight is 516 g/mol. The van der Waals surface area contributed by atoms with Crippen LogP contribution in [0.5, 0.6) is 6.08 Å². The van der Waals surface area contributed by atoms with Crippen LogP contribution in [0.1, 0.15) is 36.7 Å². The van der Waals surface area contributed by atoms with Crippen LogP contribution in [0.4, 0.5) is 20.6 Å². The summed E-state index contributed by atoms with van der Waals surface area (Å²) in [6, 6.07) is 20.7. The van der Waals surface area contributed by atoms with Crippen molar-refractivity contribution in [1.82, 2.24) is 4.98 Å². The lowest BCUT2D eigenvalue weighted by Gasteiger charge is -2.18. The predicted molar refractivity (Wildman–Crippen MR) is 140 cm³/mol. The van der Waals surface area contributed by atoms with Crippen LogP contribution < -0.4 is 15.0 Å². The molecule has 0 saturated heterocycles. The molecule has 0 bridgehead atoms. The molecule has 5 rings (SSSR count). The van der Waals surface area contributed by atoms with E-state index in [1.54, 1.807) is 43.0 Å². The monoisotopic (exact) mass is 515 g/mol. The van der Waals surface area contributed by atoms with Crippen LogP contribution in [0.25, 0.3) is 11.3 Å². The number of anilines is 2. The number of halogens is 1. The molecule has 0 aliphatic carbocycles. The van der Waals surface area contributed by atoms with Crippen LogP contribution in [0, 0.1) is 5.82 Å². The third-order valence-corrected chi connectivity index (χ3v) is 6.15. The Balaban J connectivity index is 1.67. The van der Waals surface area contributed by atoms with Crippen molar-refractivity contribution in [3.8, 4) is 17.3 Å². The summed E-state index contributed by atoms with van der Waals surface area (Å²) in [5, 5.41) is 2.76. The van der Waals surface area contributed by atoms with Crippen molar-refractivity contribution in [2.75, 3.05) is 23.4 Å². The first-order chi connectivity index (χ1) is 18.5. The van der Waals surface area contributed by atoms with E-state index in [1.165, 1.54) is 12.1 Å². The standard InChI is InChI=1S/C29H26FN3O5/c1-3-36-28(35)31-21-11-8-12-22-23(21)24(27(34)33(22)17-18-9-6-5-7-10-18)26-25(32-29(38-26)37-4-2)19-13-15-20(30)16-14-19/h5-16,24H,3-4,17H2,1-2H3,(H,31,35)/t24-/m0/s1. The van der Waals surface area contributed by atoms with Crippen molar-refractivity contribution < 1.29 is 27.9 Å². The summed E-state index contributed by atoms with van der Waals surface area (Å²) in [7, 11) is 0. The first-order valence-electron chi connectivity index (χ1n) is 12.3. The topological polar surface area (TPSA) is 93.9 Å². The number of carbonyl (C=O) groups excluding carboxylic acids is 2. The number of carbonyl (C=O) groups is 2. The molecule has 1 aliphatic rings. The molecule has 3 aromatic carbocycles. The minimum Gasteiger partial charge on any atom is -0.450 e. The highest BCUT2D eigenvalue weighted by atomic mass is 19.1. The van der Waals surface area contributed by atoms with Crippen molar-refractivity contribution in [1.29, 1.82) is 0 Å². The van der Waals surface area contributed by atoms with Gasteiger partial charge in [-0.15, -0.1) is 0 Å². The summed E-state index contributed by atoms with van der Waals surface area (Å²) in [4.78, 5) is 32.7. The van der Waals surface area contributed by atoms with Gasteiger partial charge in [0.1, 0.15) is 17.4 Å². The maximum absolute atomic E-state index is 14.1. The molecular weight excluding hydrogens is 489 g/mol. The Bertz CT molecular complexity index is 1450. The molecular formula is C29H26FN3O5. The molecule has 8 nitrogen and oxygen atoms in total. The zero-order valence-corrected chi connectivity index (χ0v) is 20.9. The number of hydrogen-bond donors (Lipinski definition) is 1. The smallest absolute Gasteiger partial charge is 0.411 e. The zero-order chi connectivity index (χ0) is 26.6. The van der Waals surface area contributed by atoms with E-state index in [-0.39, 0.29) is 24.4 Å². The Kier molecular flexibility index (Phi) is 7.08. The highest BCUT2D eigenvalue weighted by molar-refractivity contribution is 6.10. The number of oxazole rings is 1. The summed E-state index contributed by atoms with van der Waals surface area (Å²) >= 11 is 0. The molecule has 194 valence electrons. The molecule has 0 spiro atoms. The van der Waals surface area contributed by atoms with Gasteiger partial charge in [-0.1, -0.05) is 36.4 Å². The summed E-state index contributed by atoms with van der Waals surface area (Å²) in [6.45, 7) is 4.30. The second kappa shape index (κ2) is 10.8. The lowest BCUT2D eigenvalue weighted by Crippen LogP contribution is -2.28. The number of amides is 2. The van der Waals surface area contributed by atoms with Gasteiger partial charge in [0.05, 0.1) is 31.1 Å². The molecule has 2 amide bonds. The Labute approximate surface area is 219 Å². The molecule has 0 fully saturated rings. The van der Waals surface area contributed by atoms with Crippen molar-refractivity contribution in [2.24, 2.45) is 0 Å². The molecule has 4 aromatic rings. The summed E-state index contributed by atoms with van der Waals surface area (Å²) in [5.74, 6) is -1.38. The number of benzene rings is 3. The van der Waals surface area contributed by atoms with Gasteiger partial charge in [-0.3, -0.25) is 10.1 Å². The Morgan fingerprint density at radius 1 is 1.03 bits per heavy atom. The molecule has 0 unspecified atom stereocenters. The van der Waals surface area contributed by atoms with Crippen LogP contribution in [-0.2, 0) is 16.1 Å². The normalized spacial score (nSPS) is 14.3. The van der Waals surface area contributed by atoms with E-state index in [4.69, 9.17) is 13.9 Å². The van der Waals surface area contributed by atoms with Crippen molar-refractivity contribution in [3.63, 3.8) is 0 Å². The maximum Gasteiger partial charge on any atom is 0.411 e. The van der Waals surface area contributed by atoms with Gasteiger partial charge in [0.15, 0.2) is 5.76 Å². The minimum absolute atomic E-state index is 0.00600. The fourth-order valence-electron chi connectivity index (χ4n) is 4.56. The highest BCUT2D eigenvalue weighted by Gasteiger charge is 2.44. The van der Waals surface area contributed by atoms with Crippen LogP contribution in [0.3, 0.4) is 0 Å². The molecule has 2 heterocycles. The summed E-state index contributed by atoms with van der Waals surface area (Å²) < 4.78 is 30.4. The van der Waals surface area contributed by atoms with E-state index in [1.807, 2.05) is 36.4 Å². The van der Waals surface area contributed by atoms with E-state index < -0.39 is 17.8 Å². The Hall–Kier alpha value is -4.66. The molecule has 38 heavy (non-hydrogen) atoms. The minimum atomic E-state index is -0.950. The lowest BCUT2D eigenvalue weighted by atomic mass is 9.93. The quantitative estimate of drug-likeness (QED) is 0.304. The number of aromatic nitrogens is 1. The number of fused-ring (bicyclic) bond motifs is 1. The van der Waals surface area contributed by atoms with Crippen molar-refractivity contribution in [3.05, 3.63) is 95.5 Å². The molecule has 9 heteroatoms. The summed E-state index contributed by atoms with van der Waals surface area (Å²) in [5.41, 5.74) is 3.42. The molecule has 1 aliphatic heterocycles. The first-order valence-corrected chi connectivity index (χ1v) is 12.3. The molecule has 1 N–H and O–H groups in total. The first kappa shape index (κ1) is 25.0. The zero-order valence-electron chi connectivity index (χ0n) is 20.9. The van der Waals surface area contributed by atoms with E-state index in [0.717, 1.165) is 5.56 Å². The molecule has 1 aromatic heterocycles. The van der Waals surface area contributed by atoms with E-state index in [2.05, 4.69) is 10.3 Å². The van der Waals surface area contributed by atoms with Gasteiger partial charge in [-0.2, -0.15) is 4.98 Å². The van der Waals surface area contributed by atoms with Crippen LogP contribution in [0.15, 0.2) is 77.2 Å². The van der Waals surface area contributed by atoms with E-state index in [0.29, 0.717) is 41.3 Å². The largest absolute Gasteiger partial charge is 0.450 e. The Morgan fingerprint density at radius 2 is 1.79 bits per heavy atom. The SMILES string of the molecule is CCOC(=O)Nc1cccc2c1[C@@H](c1oc(OCC)nc1-c1ccc(F)cc1)C(=O)N2Cc1ccccc1. The number of nitrogens with one attached hydrogen (secondary N) is 1. The van der Waals surface area contributed by atoms with Crippen LogP contribution in [-0.4, -0.2) is 30.2 Å². The van der Waals surface area contributed by atoms with Gasteiger partial charge >= 0.3 is 12.2 Å². The van der Waals surface area contributed by atoms with Gasteiger partial charge in [-0.25, -0.2) is 9.18 Å². The fourth-order valence-corrected chi connectivity index (χ4v) is 4.56.